The van der Waals surface area contributed by atoms with Crippen LogP contribution >= 0.6 is 0 Å². The number of hydrogen-bond acceptors (Lipinski definition) is 8. The van der Waals surface area contributed by atoms with E-state index in [1.807, 2.05) is 42.9 Å². The normalized spacial score (nSPS) is 13.1. The molecule has 1 aliphatic rings. The lowest BCUT2D eigenvalue weighted by Crippen LogP contribution is -2.25. The van der Waals surface area contributed by atoms with Crippen LogP contribution in [-0.2, 0) is 36.0 Å². The Morgan fingerprint density at radius 2 is 1.95 bits per heavy atom. The third-order valence-electron chi connectivity index (χ3n) is 6.49. The summed E-state index contributed by atoms with van der Waals surface area (Å²) in [6, 6.07) is 11.8. The molecule has 4 aromatic rings. The van der Waals surface area contributed by atoms with Gasteiger partial charge in [-0.25, -0.2) is 8.42 Å². The molecule has 0 bridgehead atoms. The smallest absolute Gasteiger partial charge is 0.266 e. The SMILES string of the molecule is CC#CN1CCc2nn(Cc3cc(OC)c4c(NS(=O)(=O)c5cc(CC)ccc5OC)noc4c3)cc2C1. The molecule has 0 aliphatic carbocycles. The largest absolute Gasteiger partial charge is 0.496 e. The summed E-state index contributed by atoms with van der Waals surface area (Å²) in [7, 11) is -1.07. The molecule has 1 aliphatic heterocycles. The lowest BCUT2D eigenvalue weighted by Gasteiger charge is -2.21. The molecule has 0 spiro atoms. The van der Waals surface area contributed by atoms with Crippen LogP contribution < -0.4 is 14.2 Å². The maximum atomic E-state index is 13.3. The second kappa shape index (κ2) is 10.3. The van der Waals surface area contributed by atoms with E-state index in [0.717, 1.165) is 41.9 Å². The third-order valence-corrected chi connectivity index (χ3v) is 7.85. The summed E-state index contributed by atoms with van der Waals surface area (Å²) in [5, 5.41) is 9.19. The van der Waals surface area contributed by atoms with Crippen LogP contribution in [0.5, 0.6) is 11.5 Å². The minimum Gasteiger partial charge on any atom is -0.496 e. The summed E-state index contributed by atoms with van der Waals surface area (Å²) >= 11 is 0. The number of benzene rings is 2. The molecule has 11 heteroatoms. The first kappa shape index (κ1) is 25.5. The van der Waals surface area contributed by atoms with E-state index in [1.165, 1.54) is 14.2 Å². The van der Waals surface area contributed by atoms with Gasteiger partial charge in [0.2, 0.25) is 0 Å². The molecule has 0 unspecified atom stereocenters. The van der Waals surface area contributed by atoms with E-state index >= 15 is 0 Å². The van der Waals surface area contributed by atoms with Crippen molar-refractivity contribution in [3.8, 4) is 23.5 Å². The number of aryl methyl sites for hydroxylation is 1. The van der Waals surface area contributed by atoms with E-state index in [0.29, 0.717) is 29.7 Å². The summed E-state index contributed by atoms with van der Waals surface area (Å²) in [4.78, 5) is 2.12. The van der Waals surface area contributed by atoms with Gasteiger partial charge in [-0.15, -0.1) is 0 Å². The zero-order valence-corrected chi connectivity index (χ0v) is 22.6. The van der Waals surface area contributed by atoms with Gasteiger partial charge in [-0.05, 0) is 48.7 Å². The number of methoxy groups -OCH3 is 2. The number of nitrogens with one attached hydrogen (secondary N) is 1. The molecule has 0 amide bonds. The van der Waals surface area contributed by atoms with E-state index in [4.69, 9.17) is 19.1 Å². The molecule has 0 radical (unpaired) electrons. The topological polar surface area (TPSA) is 112 Å². The van der Waals surface area contributed by atoms with Crippen molar-refractivity contribution in [3.63, 3.8) is 0 Å². The van der Waals surface area contributed by atoms with Gasteiger partial charge in [0, 0.05) is 30.8 Å². The predicted octanol–water partition coefficient (Wildman–Crippen LogP) is 3.79. The van der Waals surface area contributed by atoms with Gasteiger partial charge in [-0.3, -0.25) is 9.40 Å². The van der Waals surface area contributed by atoms with Gasteiger partial charge in [-0.2, -0.15) is 5.10 Å². The maximum absolute atomic E-state index is 13.3. The molecule has 0 atom stereocenters. The number of aromatic nitrogens is 3. The van der Waals surface area contributed by atoms with Crippen LogP contribution in [0.4, 0.5) is 5.82 Å². The first-order valence-electron chi connectivity index (χ1n) is 12.2. The molecule has 5 rings (SSSR count). The third kappa shape index (κ3) is 4.87. The Morgan fingerprint density at radius 3 is 2.68 bits per heavy atom. The number of sulfonamides is 1. The molecule has 10 nitrogen and oxygen atoms in total. The first-order valence-corrected chi connectivity index (χ1v) is 13.7. The molecule has 198 valence electrons. The van der Waals surface area contributed by atoms with Crippen LogP contribution in [0.15, 0.2) is 45.9 Å². The highest BCUT2D eigenvalue weighted by molar-refractivity contribution is 7.92. The van der Waals surface area contributed by atoms with Crippen molar-refractivity contribution in [1.29, 1.82) is 0 Å². The summed E-state index contributed by atoms with van der Waals surface area (Å²) in [5.41, 5.74) is 4.37. The Bertz CT molecular complexity index is 1660. The molecule has 1 N–H and O–H groups in total. The predicted molar refractivity (Wildman–Crippen MR) is 143 cm³/mol. The van der Waals surface area contributed by atoms with E-state index in [9.17, 15) is 8.42 Å². The second-order valence-electron chi connectivity index (χ2n) is 8.98. The number of hydrogen-bond donors (Lipinski definition) is 1. The van der Waals surface area contributed by atoms with Crippen LogP contribution in [0.3, 0.4) is 0 Å². The van der Waals surface area contributed by atoms with Crippen LogP contribution in [0.2, 0.25) is 0 Å². The maximum Gasteiger partial charge on any atom is 0.266 e. The first-order chi connectivity index (χ1) is 18.3. The minimum absolute atomic E-state index is 0.0252. The highest BCUT2D eigenvalue weighted by Gasteiger charge is 2.25. The lowest BCUT2D eigenvalue weighted by molar-refractivity contribution is 0.372. The Hall–Kier alpha value is -4.17. The van der Waals surface area contributed by atoms with Gasteiger partial charge in [0.1, 0.15) is 21.8 Å². The number of rotatable bonds is 8. The number of nitrogens with zero attached hydrogens (tertiary/aromatic N) is 4. The van der Waals surface area contributed by atoms with Crippen molar-refractivity contribution < 1.29 is 22.4 Å². The second-order valence-corrected chi connectivity index (χ2v) is 10.6. The minimum atomic E-state index is -4.03. The molecule has 3 heterocycles. The summed E-state index contributed by atoms with van der Waals surface area (Å²) < 4.78 is 47.5. The van der Waals surface area contributed by atoms with Gasteiger partial charge in [-0.1, -0.05) is 24.1 Å². The molecule has 38 heavy (non-hydrogen) atoms. The standard InChI is InChI=1S/C27H29N5O5S/c1-5-10-31-11-9-21-20(16-31)17-32(28-21)15-19-12-23(36-4)26-24(13-19)37-29-27(26)30-38(33,34)25-14-18(6-2)7-8-22(25)35-3/h7-8,12-14,17H,6,9,11,15-16H2,1-4H3,(H,29,30). The summed E-state index contributed by atoms with van der Waals surface area (Å²) in [6.45, 7) is 5.88. The van der Waals surface area contributed by atoms with Gasteiger partial charge in [0.25, 0.3) is 10.0 Å². The molecular weight excluding hydrogens is 506 g/mol. The Kier molecular flexibility index (Phi) is 6.91. The monoisotopic (exact) mass is 535 g/mol. The van der Waals surface area contributed by atoms with Gasteiger partial charge >= 0.3 is 0 Å². The van der Waals surface area contributed by atoms with Gasteiger partial charge in [0.05, 0.1) is 33.0 Å². The van der Waals surface area contributed by atoms with Crippen molar-refractivity contribution in [3.05, 3.63) is 58.9 Å². The molecule has 0 saturated carbocycles. The van der Waals surface area contributed by atoms with Crippen LogP contribution in [0.25, 0.3) is 11.0 Å². The fourth-order valence-electron chi connectivity index (χ4n) is 4.64. The molecule has 2 aromatic carbocycles. The van der Waals surface area contributed by atoms with Crippen LogP contribution in [0, 0.1) is 12.0 Å². The van der Waals surface area contributed by atoms with E-state index in [-0.39, 0.29) is 16.5 Å². The van der Waals surface area contributed by atoms with Crippen molar-refractivity contribution in [2.24, 2.45) is 0 Å². The van der Waals surface area contributed by atoms with Crippen molar-refractivity contribution in [2.45, 2.75) is 44.7 Å². The van der Waals surface area contributed by atoms with E-state index in [1.54, 1.807) is 12.1 Å². The quantitative estimate of drug-likeness (QED) is 0.339. The summed E-state index contributed by atoms with van der Waals surface area (Å²) in [6.07, 6.45) is 3.56. The fraction of sp³-hybridized carbons (Fsp3) is 0.333. The fourth-order valence-corrected chi connectivity index (χ4v) is 5.86. The average molecular weight is 536 g/mol. The Balaban J connectivity index is 1.44. The number of ether oxygens (including phenoxy) is 2. The zero-order chi connectivity index (χ0) is 26.9. The van der Waals surface area contributed by atoms with Crippen molar-refractivity contribution >= 4 is 26.8 Å². The van der Waals surface area contributed by atoms with Gasteiger partial charge < -0.3 is 18.9 Å². The van der Waals surface area contributed by atoms with E-state index in [2.05, 4.69) is 26.7 Å². The Morgan fingerprint density at radius 1 is 1.13 bits per heavy atom. The zero-order valence-electron chi connectivity index (χ0n) is 21.7. The molecule has 0 fully saturated rings. The molecular formula is C27H29N5O5S. The average Bonchev–Trinajstić information content (AvgIpc) is 3.50. The van der Waals surface area contributed by atoms with Crippen molar-refractivity contribution in [1.82, 2.24) is 19.8 Å². The number of fused-ring (bicyclic) bond motifs is 2. The van der Waals surface area contributed by atoms with Crippen LogP contribution in [0.1, 0.15) is 36.2 Å². The Labute approximate surface area is 221 Å². The number of anilines is 1. The molecule has 2 aromatic heterocycles. The summed E-state index contributed by atoms with van der Waals surface area (Å²) in [5.74, 6) is 3.67. The van der Waals surface area contributed by atoms with Crippen LogP contribution in [-0.4, -0.2) is 49.0 Å². The highest BCUT2D eigenvalue weighted by atomic mass is 32.2. The van der Waals surface area contributed by atoms with Crippen molar-refractivity contribution in [2.75, 3.05) is 25.5 Å². The van der Waals surface area contributed by atoms with E-state index < -0.39 is 10.0 Å². The van der Waals surface area contributed by atoms with Gasteiger partial charge in [0.15, 0.2) is 11.4 Å². The lowest BCUT2D eigenvalue weighted by atomic mass is 10.1. The molecule has 0 saturated heterocycles. The highest BCUT2D eigenvalue weighted by Crippen LogP contribution is 2.36.